The van der Waals surface area contributed by atoms with E-state index in [2.05, 4.69) is 15.4 Å². The van der Waals surface area contributed by atoms with Gasteiger partial charge in [-0.05, 0) is 36.4 Å². The van der Waals surface area contributed by atoms with Gasteiger partial charge in [0.05, 0.1) is 6.20 Å². The van der Waals surface area contributed by atoms with Crippen LogP contribution in [0.2, 0.25) is 0 Å². The van der Waals surface area contributed by atoms with Crippen LogP contribution in [0.25, 0.3) is 5.82 Å². The predicted octanol–water partition coefficient (Wildman–Crippen LogP) is 2.46. The number of nitrogens with one attached hydrogen (secondary N) is 1. The van der Waals surface area contributed by atoms with Crippen LogP contribution in [0, 0.1) is 11.3 Å². The summed E-state index contributed by atoms with van der Waals surface area (Å²) in [4.78, 5) is 18.7. The molecule has 0 saturated heterocycles. The number of rotatable bonds is 4. The molecule has 1 aromatic carbocycles. The molecule has 0 spiro atoms. The standard InChI is InChI=1S/C18H16N6O/c1-23(2)15-8-6-13(7-9-15)18(25)22-17-14(11-19)12-21-24(17)16-5-3-4-10-20-16/h3-10,12H,1-2H3,(H,22,25). The second kappa shape index (κ2) is 6.84. The smallest absolute Gasteiger partial charge is 0.256 e. The number of anilines is 2. The van der Waals surface area contributed by atoms with Crippen LogP contribution < -0.4 is 10.2 Å². The second-order valence-corrected chi connectivity index (χ2v) is 5.51. The van der Waals surface area contributed by atoms with Crippen molar-refractivity contribution in [3.8, 4) is 11.9 Å². The Morgan fingerprint density at radius 3 is 2.56 bits per heavy atom. The van der Waals surface area contributed by atoms with Gasteiger partial charge in [0, 0.05) is 31.5 Å². The lowest BCUT2D eigenvalue weighted by Gasteiger charge is -2.13. The van der Waals surface area contributed by atoms with Crippen LogP contribution in [-0.2, 0) is 0 Å². The zero-order chi connectivity index (χ0) is 17.8. The average molecular weight is 332 g/mol. The Hall–Kier alpha value is -3.66. The van der Waals surface area contributed by atoms with Gasteiger partial charge >= 0.3 is 0 Å². The maximum absolute atomic E-state index is 12.5. The molecule has 7 nitrogen and oxygen atoms in total. The molecule has 1 N–H and O–H groups in total. The molecule has 0 fully saturated rings. The van der Waals surface area contributed by atoms with Crippen molar-refractivity contribution in [2.24, 2.45) is 0 Å². The van der Waals surface area contributed by atoms with E-state index in [9.17, 15) is 10.1 Å². The van der Waals surface area contributed by atoms with Gasteiger partial charge in [0.15, 0.2) is 11.6 Å². The normalized spacial score (nSPS) is 10.1. The molecule has 0 bridgehead atoms. The van der Waals surface area contributed by atoms with Gasteiger partial charge in [0.2, 0.25) is 0 Å². The number of hydrogen-bond donors (Lipinski definition) is 1. The first kappa shape index (κ1) is 16.2. The van der Waals surface area contributed by atoms with E-state index in [1.54, 1.807) is 30.5 Å². The van der Waals surface area contributed by atoms with Gasteiger partial charge in [-0.25, -0.2) is 4.98 Å². The molecular weight excluding hydrogens is 316 g/mol. The van der Waals surface area contributed by atoms with Crippen molar-refractivity contribution in [2.45, 2.75) is 0 Å². The minimum absolute atomic E-state index is 0.268. The zero-order valence-electron chi connectivity index (χ0n) is 13.8. The van der Waals surface area contributed by atoms with Crippen molar-refractivity contribution in [1.82, 2.24) is 14.8 Å². The van der Waals surface area contributed by atoms with Crippen LogP contribution in [-0.4, -0.2) is 34.8 Å². The summed E-state index contributed by atoms with van der Waals surface area (Å²) in [5, 5.41) is 16.2. The lowest BCUT2D eigenvalue weighted by Crippen LogP contribution is -2.16. The molecule has 0 saturated carbocycles. The highest BCUT2D eigenvalue weighted by Crippen LogP contribution is 2.20. The predicted molar refractivity (Wildman–Crippen MR) is 94.8 cm³/mol. The number of pyridine rings is 1. The van der Waals surface area contributed by atoms with E-state index in [0.29, 0.717) is 17.2 Å². The molecule has 0 aliphatic heterocycles. The molecular formula is C18H16N6O. The Morgan fingerprint density at radius 1 is 1.20 bits per heavy atom. The lowest BCUT2D eigenvalue weighted by atomic mass is 10.2. The molecule has 0 radical (unpaired) electrons. The van der Waals surface area contributed by atoms with Crippen molar-refractivity contribution < 1.29 is 4.79 Å². The minimum Gasteiger partial charge on any atom is -0.378 e. The molecule has 25 heavy (non-hydrogen) atoms. The van der Waals surface area contributed by atoms with Gasteiger partial charge in [-0.1, -0.05) is 6.07 Å². The Labute approximate surface area is 145 Å². The molecule has 2 aromatic heterocycles. The van der Waals surface area contributed by atoms with Gasteiger partial charge in [-0.2, -0.15) is 15.0 Å². The van der Waals surface area contributed by atoms with Crippen molar-refractivity contribution >= 4 is 17.4 Å². The monoisotopic (exact) mass is 332 g/mol. The highest BCUT2D eigenvalue weighted by atomic mass is 16.1. The molecule has 3 aromatic rings. The average Bonchev–Trinajstić information content (AvgIpc) is 3.05. The van der Waals surface area contributed by atoms with Crippen LogP contribution >= 0.6 is 0 Å². The van der Waals surface area contributed by atoms with Crippen LogP contribution in [0.3, 0.4) is 0 Å². The molecule has 7 heteroatoms. The van der Waals surface area contributed by atoms with E-state index in [1.807, 2.05) is 43.3 Å². The third-order valence-corrected chi connectivity index (χ3v) is 3.63. The molecule has 0 atom stereocenters. The van der Waals surface area contributed by atoms with Crippen LogP contribution in [0.1, 0.15) is 15.9 Å². The summed E-state index contributed by atoms with van der Waals surface area (Å²) in [5.74, 6) is 0.490. The summed E-state index contributed by atoms with van der Waals surface area (Å²) >= 11 is 0. The summed E-state index contributed by atoms with van der Waals surface area (Å²) in [6, 6.07) is 14.6. The number of carbonyl (C=O) groups is 1. The van der Waals surface area contributed by atoms with Crippen molar-refractivity contribution in [3.05, 3.63) is 66.0 Å². The SMILES string of the molecule is CN(C)c1ccc(C(=O)Nc2c(C#N)cnn2-c2ccccn2)cc1. The summed E-state index contributed by atoms with van der Waals surface area (Å²) in [7, 11) is 3.86. The minimum atomic E-state index is -0.320. The molecule has 3 rings (SSSR count). The molecule has 124 valence electrons. The quantitative estimate of drug-likeness (QED) is 0.793. The molecule has 0 aliphatic carbocycles. The van der Waals surface area contributed by atoms with Gasteiger partial charge in [0.1, 0.15) is 11.6 Å². The third kappa shape index (κ3) is 3.33. The first-order chi connectivity index (χ1) is 12.1. The molecule has 0 aliphatic rings. The number of nitriles is 1. The number of benzene rings is 1. The van der Waals surface area contributed by atoms with Crippen LogP contribution in [0.5, 0.6) is 0 Å². The van der Waals surface area contributed by atoms with Gasteiger partial charge in [-0.15, -0.1) is 0 Å². The van der Waals surface area contributed by atoms with E-state index in [1.165, 1.54) is 10.9 Å². The van der Waals surface area contributed by atoms with E-state index in [0.717, 1.165) is 5.69 Å². The topological polar surface area (TPSA) is 86.8 Å². The molecule has 1 amide bonds. The fraction of sp³-hybridized carbons (Fsp3) is 0.111. The van der Waals surface area contributed by atoms with E-state index in [4.69, 9.17) is 0 Å². The number of hydrogen-bond acceptors (Lipinski definition) is 5. The highest BCUT2D eigenvalue weighted by molar-refractivity contribution is 6.04. The van der Waals surface area contributed by atoms with Gasteiger partial charge in [0.25, 0.3) is 5.91 Å². The Bertz CT molecular complexity index is 922. The third-order valence-electron chi connectivity index (χ3n) is 3.63. The summed E-state index contributed by atoms with van der Waals surface area (Å²) in [6.07, 6.45) is 3.02. The largest absolute Gasteiger partial charge is 0.378 e. The number of nitrogens with zero attached hydrogens (tertiary/aromatic N) is 5. The molecule has 2 heterocycles. The zero-order valence-corrected chi connectivity index (χ0v) is 13.8. The van der Waals surface area contributed by atoms with Crippen molar-refractivity contribution in [3.63, 3.8) is 0 Å². The number of aromatic nitrogens is 3. The Kier molecular flexibility index (Phi) is 4.44. The number of carbonyl (C=O) groups excluding carboxylic acids is 1. The number of amides is 1. The first-order valence-corrected chi connectivity index (χ1v) is 7.58. The second-order valence-electron chi connectivity index (χ2n) is 5.51. The van der Waals surface area contributed by atoms with E-state index in [-0.39, 0.29) is 11.5 Å². The molecule has 0 unspecified atom stereocenters. The van der Waals surface area contributed by atoms with Gasteiger partial charge in [-0.3, -0.25) is 4.79 Å². The van der Waals surface area contributed by atoms with E-state index < -0.39 is 0 Å². The van der Waals surface area contributed by atoms with Gasteiger partial charge < -0.3 is 10.2 Å². The fourth-order valence-electron chi connectivity index (χ4n) is 2.29. The Morgan fingerprint density at radius 2 is 1.96 bits per heavy atom. The Balaban J connectivity index is 1.91. The van der Waals surface area contributed by atoms with Crippen LogP contribution in [0.15, 0.2) is 54.9 Å². The summed E-state index contributed by atoms with van der Waals surface area (Å²) in [6.45, 7) is 0. The van der Waals surface area contributed by atoms with E-state index >= 15 is 0 Å². The van der Waals surface area contributed by atoms with Crippen molar-refractivity contribution in [2.75, 3.05) is 24.3 Å². The fourth-order valence-corrected chi connectivity index (χ4v) is 2.29. The highest BCUT2D eigenvalue weighted by Gasteiger charge is 2.16. The summed E-state index contributed by atoms with van der Waals surface area (Å²) in [5.41, 5.74) is 1.75. The first-order valence-electron chi connectivity index (χ1n) is 7.58. The maximum atomic E-state index is 12.5. The summed E-state index contributed by atoms with van der Waals surface area (Å²) < 4.78 is 1.44. The lowest BCUT2D eigenvalue weighted by molar-refractivity contribution is 0.102. The van der Waals surface area contributed by atoms with Crippen molar-refractivity contribution in [1.29, 1.82) is 5.26 Å². The maximum Gasteiger partial charge on any atom is 0.256 e. The van der Waals surface area contributed by atoms with Crippen LogP contribution in [0.4, 0.5) is 11.5 Å².